The van der Waals surface area contributed by atoms with Crippen molar-refractivity contribution in [3.8, 4) is 16.2 Å². The molecule has 0 aliphatic carbocycles. The molecule has 3 heterocycles. The Morgan fingerprint density at radius 1 is 1.23 bits per heavy atom. The predicted molar refractivity (Wildman–Crippen MR) is 129 cm³/mol. The molecule has 4 rings (SSSR count). The molecule has 4 aromatic rings. The molecule has 0 fully saturated rings. The van der Waals surface area contributed by atoms with E-state index in [-0.39, 0.29) is 11.5 Å². The van der Waals surface area contributed by atoms with Crippen LogP contribution in [0.1, 0.15) is 11.4 Å². The number of thiophene rings is 2. The van der Waals surface area contributed by atoms with Crippen molar-refractivity contribution in [1.29, 1.82) is 0 Å². The van der Waals surface area contributed by atoms with E-state index in [1.807, 2.05) is 47.2 Å². The summed E-state index contributed by atoms with van der Waals surface area (Å²) >= 11 is 4.51. The summed E-state index contributed by atoms with van der Waals surface area (Å²) in [6.45, 7) is 0.577. The predicted octanol–water partition coefficient (Wildman–Crippen LogP) is 4.31. The van der Waals surface area contributed by atoms with Crippen molar-refractivity contribution in [3.05, 3.63) is 68.9 Å². The molecule has 0 aliphatic rings. The van der Waals surface area contributed by atoms with Crippen LogP contribution in [0.5, 0.6) is 5.75 Å². The lowest BCUT2D eigenvalue weighted by molar-refractivity contribution is -0.118. The Morgan fingerprint density at radius 2 is 2.06 bits per heavy atom. The van der Waals surface area contributed by atoms with Gasteiger partial charge in [0.05, 0.1) is 24.0 Å². The zero-order chi connectivity index (χ0) is 21.6. The molecular weight excluding hydrogens is 450 g/mol. The van der Waals surface area contributed by atoms with E-state index < -0.39 is 0 Å². The summed E-state index contributed by atoms with van der Waals surface area (Å²) in [5.74, 6) is 2.17. The molecule has 1 aromatic carbocycles. The number of rotatable bonds is 9. The van der Waals surface area contributed by atoms with E-state index in [9.17, 15) is 9.59 Å². The zero-order valence-corrected chi connectivity index (χ0v) is 19.3. The van der Waals surface area contributed by atoms with Crippen LogP contribution in [0.2, 0.25) is 0 Å². The van der Waals surface area contributed by atoms with Gasteiger partial charge in [-0.2, -0.15) is 0 Å². The first-order valence-corrected chi connectivity index (χ1v) is 12.6. The Kier molecular flexibility index (Phi) is 7.06. The highest BCUT2D eigenvalue weighted by Crippen LogP contribution is 2.33. The minimum atomic E-state index is -0.130. The van der Waals surface area contributed by atoms with Gasteiger partial charge in [-0.15, -0.1) is 34.4 Å². The van der Waals surface area contributed by atoms with Gasteiger partial charge >= 0.3 is 0 Å². The molecule has 0 spiro atoms. The van der Waals surface area contributed by atoms with E-state index in [0.29, 0.717) is 29.3 Å². The highest BCUT2D eigenvalue weighted by Gasteiger charge is 2.14. The molecule has 9 heteroatoms. The molecule has 2 N–H and O–H groups in total. The monoisotopic (exact) mass is 471 g/mol. The number of nitrogens with zero attached hydrogens (tertiary/aromatic N) is 1. The first kappa shape index (κ1) is 21.6. The summed E-state index contributed by atoms with van der Waals surface area (Å²) in [5.41, 5.74) is 1.94. The maximum absolute atomic E-state index is 12.6. The molecule has 0 bridgehead atoms. The second-order valence-electron chi connectivity index (χ2n) is 6.76. The Balaban J connectivity index is 1.27. The molecule has 0 unspecified atom stereocenters. The number of H-pyrrole nitrogens is 1. The van der Waals surface area contributed by atoms with Gasteiger partial charge in [-0.25, -0.2) is 4.98 Å². The molecule has 3 aromatic heterocycles. The van der Waals surface area contributed by atoms with Crippen molar-refractivity contribution in [3.63, 3.8) is 0 Å². The third-order valence-electron chi connectivity index (χ3n) is 4.65. The van der Waals surface area contributed by atoms with Crippen molar-refractivity contribution >= 4 is 50.6 Å². The van der Waals surface area contributed by atoms with Crippen molar-refractivity contribution in [1.82, 2.24) is 15.3 Å². The minimum Gasteiger partial charge on any atom is -0.497 e. The average Bonchev–Trinajstić information content (AvgIpc) is 3.44. The first-order valence-electron chi connectivity index (χ1n) is 9.65. The fraction of sp³-hybridized carbons (Fsp3) is 0.227. The van der Waals surface area contributed by atoms with E-state index in [0.717, 1.165) is 33.0 Å². The van der Waals surface area contributed by atoms with E-state index in [2.05, 4.69) is 15.3 Å². The molecule has 0 saturated heterocycles. The van der Waals surface area contributed by atoms with Crippen LogP contribution in [-0.4, -0.2) is 35.3 Å². The summed E-state index contributed by atoms with van der Waals surface area (Å²) < 4.78 is 5.14. The van der Waals surface area contributed by atoms with Crippen molar-refractivity contribution in [2.45, 2.75) is 12.2 Å². The topological polar surface area (TPSA) is 84.1 Å². The van der Waals surface area contributed by atoms with Gasteiger partial charge in [-0.1, -0.05) is 18.2 Å². The number of methoxy groups -OCH3 is 1. The molecule has 31 heavy (non-hydrogen) atoms. The first-order chi connectivity index (χ1) is 15.1. The number of benzene rings is 1. The summed E-state index contributed by atoms with van der Waals surface area (Å²) in [4.78, 5) is 33.9. The van der Waals surface area contributed by atoms with Gasteiger partial charge in [-0.3, -0.25) is 9.59 Å². The van der Waals surface area contributed by atoms with Crippen LogP contribution >= 0.6 is 34.4 Å². The standard InChI is InChI=1S/C22H21N3O3S3/c1-28-15-6-4-14(5-7-15)8-9-23-19(26)13-29-12-18-24-21(27)20-16(11-31-22(20)25-18)17-3-2-10-30-17/h2-7,10-11H,8-9,12-13H2,1H3,(H,23,26)(H,24,25,27). The van der Waals surface area contributed by atoms with E-state index >= 15 is 0 Å². The van der Waals surface area contributed by atoms with E-state index in [1.54, 1.807) is 18.4 Å². The highest BCUT2D eigenvalue weighted by molar-refractivity contribution is 7.99. The Bertz CT molecular complexity index is 1210. The zero-order valence-electron chi connectivity index (χ0n) is 16.8. The number of hydrogen-bond acceptors (Lipinski definition) is 7. The van der Waals surface area contributed by atoms with Crippen LogP contribution in [0.15, 0.2) is 52.0 Å². The number of thioether (sulfide) groups is 1. The fourth-order valence-electron chi connectivity index (χ4n) is 3.10. The van der Waals surface area contributed by atoms with Gasteiger partial charge in [0.1, 0.15) is 16.4 Å². The lowest BCUT2D eigenvalue weighted by Gasteiger charge is -2.06. The third-order valence-corrected chi connectivity index (χ3v) is 7.37. The van der Waals surface area contributed by atoms with Gasteiger partial charge < -0.3 is 15.0 Å². The number of carbonyl (C=O) groups excluding carboxylic acids is 1. The summed E-state index contributed by atoms with van der Waals surface area (Å²) in [5, 5.41) is 7.53. The molecule has 0 saturated carbocycles. The average molecular weight is 472 g/mol. The molecule has 160 valence electrons. The van der Waals surface area contributed by atoms with Gasteiger partial charge in [-0.05, 0) is 35.6 Å². The van der Waals surface area contributed by atoms with Gasteiger partial charge in [0, 0.05) is 22.4 Å². The Hall–Kier alpha value is -2.62. The van der Waals surface area contributed by atoms with Crippen molar-refractivity contribution in [2.24, 2.45) is 0 Å². The van der Waals surface area contributed by atoms with Gasteiger partial charge in [0.25, 0.3) is 5.56 Å². The Labute approximate surface area is 191 Å². The second kappa shape index (κ2) is 10.1. The SMILES string of the molecule is COc1ccc(CCNC(=O)CSCc2nc3scc(-c4cccs4)c3c(=O)[nH]2)cc1. The normalized spacial score (nSPS) is 11.0. The number of carbonyl (C=O) groups is 1. The third kappa shape index (κ3) is 5.36. The van der Waals surface area contributed by atoms with Crippen LogP contribution in [0.3, 0.4) is 0 Å². The fourth-order valence-corrected chi connectivity index (χ4v) is 5.61. The van der Waals surface area contributed by atoms with Gasteiger partial charge in [0.15, 0.2) is 0 Å². The van der Waals surface area contributed by atoms with Crippen LogP contribution in [0.25, 0.3) is 20.7 Å². The minimum absolute atomic E-state index is 0.0296. The largest absolute Gasteiger partial charge is 0.497 e. The summed E-state index contributed by atoms with van der Waals surface area (Å²) in [7, 11) is 1.64. The molecule has 6 nitrogen and oxygen atoms in total. The molecular formula is C22H21N3O3S3. The smallest absolute Gasteiger partial charge is 0.260 e. The van der Waals surface area contributed by atoms with Crippen molar-refractivity contribution in [2.75, 3.05) is 19.4 Å². The maximum atomic E-state index is 12.6. The number of fused-ring (bicyclic) bond motifs is 1. The number of aromatic amines is 1. The number of hydrogen-bond donors (Lipinski definition) is 2. The highest BCUT2D eigenvalue weighted by atomic mass is 32.2. The van der Waals surface area contributed by atoms with Crippen LogP contribution in [0, 0.1) is 0 Å². The second-order valence-corrected chi connectivity index (χ2v) is 9.55. The lowest BCUT2D eigenvalue weighted by Crippen LogP contribution is -2.27. The van der Waals surface area contributed by atoms with E-state index in [4.69, 9.17) is 4.74 Å². The summed E-state index contributed by atoms with van der Waals surface area (Å²) in [6, 6.07) is 11.8. The van der Waals surface area contributed by atoms with Crippen LogP contribution < -0.4 is 15.6 Å². The van der Waals surface area contributed by atoms with Gasteiger partial charge in [0.2, 0.25) is 5.91 Å². The lowest BCUT2D eigenvalue weighted by atomic mass is 10.1. The molecule has 0 radical (unpaired) electrons. The molecule has 0 aliphatic heterocycles. The van der Waals surface area contributed by atoms with Crippen LogP contribution in [0.4, 0.5) is 0 Å². The molecule has 1 amide bonds. The Morgan fingerprint density at radius 3 is 2.81 bits per heavy atom. The number of aromatic nitrogens is 2. The van der Waals surface area contributed by atoms with E-state index in [1.165, 1.54) is 23.1 Å². The number of ether oxygens (including phenoxy) is 1. The maximum Gasteiger partial charge on any atom is 0.260 e. The summed E-state index contributed by atoms with van der Waals surface area (Å²) in [6.07, 6.45) is 0.761. The molecule has 0 atom stereocenters. The van der Waals surface area contributed by atoms with Crippen LogP contribution in [-0.2, 0) is 17.0 Å². The number of nitrogens with one attached hydrogen (secondary N) is 2. The quantitative estimate of drug-likeness (QED) is 0.380. The number of amides is 1. The van der Waals surface area contributed by atoms with Crippen molar-refractivity contribution < 1.29 is 9.53 Å².